The summed E-state index contributed by atoms with van der Waals surface area (Å²) in [5.41, 5.74) is 2.76. The van der Waals surface area contributed by atoms with Gasteiger partial charge in [0.2, 0.25) is 5.91 Å². The van der Waals surface area contributed by atoms with Gasteiger partial charge in [0.1, 0.15) is 5.69 Å². The standard InChI is InChI=1S/C20H16N4O4/c1-11-18-15(10-16(17-7-4-8-27-17)23-20(18)28-24-11)19(26)22-14-6-3-5-13(9-14)21-12(2)25/h3-10H,1-2H3,(H,21,25)(H,22,26). The number of aromatic nitrogens is 2. The molecular formula is C20H16N4O4. The number of anilines is 2. The minimum absolute atomic E-state index is 0.192. The maximum absolute atomic E-state index is 13.0. The molecule has 0 aliphatic carbocycles. The first-order chi connectivity index (χ1) is 13.5. The SMILES string of the molecule is CC(=O)Nc1cccc(NC(=O)c2cc(-c3ccco3)nc3onc(C)c23)c1. The Balaban J connectivity index is 1.73. The lowest BCUT2D eigenvalue weighted by Crippen LogP contribution is -2.13. The first kappa shape index (κ1) is 17.5. The number of amides is 2. The lowest BCUT2D eigenvalue weighted by atomic mass is 10.1. The van der Waals surface area contributed by atoms with Gasteiger partial charge in [0.25, 0.3) is 11.6 Å². The summed E-state index contributed by atoms with van der Waals surface area (Å²) >= 11 is 0. The fourth-order valence-electron chi connectivity index (χ4n) is 2.90. The second-order valence-corrected chi connectivity index (χ2v) is 6.20. The Morgan fingerprint density at radius 3 is 2.54 bits per heavy atom. The molecular weight excluding hydrogens is 360 g/mol. The molecule has 0 radical (unpaired) electrons. The van der Waals surface area contributed by atoms with Crippen LogP contribution in [-0.2, 0) is 4.79 Å². The van der Waals surface area contributed by atoms with Gasteiger partial charge in [0, 0.05) is 18.3 Å². The van der Waals surface area contributed by atoms with Crippen molar-refractivity contribution in [1.29, 1.82) is 0 Å². The van der Waals surface area contributed by atoms with Crippen LogP contribution in [0.5, 0.6) is 0 Å². The van der Waals surface area contributed by atoms with Gasteiger partial charge in [-0.05, 0) is 43.3 Å². The summed E-state index contributed by atoms with van der Waals surface area (Å²) in [6.45, 7) is 3.16. The van der Waals surface area contributed by atoms with E-state index in [0.29, 0.717) is 39.5 Å². The van der Waals surface area contributed by atoms with Crippen LogP contribution in [0.2, 0.25) is 0 Å². The molecule has 4 aromatic rings. The van der Waals surface area contributed by atoms with Crippen molar-refractivity contribution in [3.8, 4) is 11.5 Å². The zero-order valence-electron chi connectivity index (χ0n) is 15.1. The van der Waals surface area contributed by atoms with Crippen LogP contribution in [-0.4, -0.2) is 22.0 Å². The number of fused-ring (bicyclic) bond motifs is 1. The maximum Gasteiger partial charge on any atom is 0.259 e. The molecule has 2 N–H and O–H groups in total. The highest BCUT2D eigenvalue weighted by atomic mass is 16.5. The Bertz CT molecular complexity index is 1180. The van der Waals surface area contributed by atoms with Crippen LogP contribution < -0.4 is 10.6 Å². The molecule has 0 atom stereocenters. The van der Waals surface area contributed by atoms with Crippen molar-refractivity contribution >= 4 is 34.3 Å². The van der Waals surface area contributed by atoms with E-state index in [0.717, 1.165) is 0 Å². The van der Waals surface area contributed by atoms with E-state index in [4.69, 9.17) is 8.94 Å². The molecule has 0 saturated carbocycles. The van der Waals surface area contributed by atoms with Gasteiger partial charge in [0.05, 0.1) is 22.9 Å². The van der Waals surface area contributed by atoms with Gasteiger partial charge in [-0.15, -0.1) is 0 Å². The normalized spacial score (nSPS) is 10.8. The van der Waals surface area contributed by atoms with Crippen LogP contribution in [0, 0.1) is 6.92 Å². The van der Waals surface area contributed by atoms with E-state index in [2.05, 4.69) is 20.8 Å². The molecule has 3 aromatic heterocycles. The monoisotopic (exact) mass is 376 g/mol. The Hall–Kier alpha value is -3.94. The van der Waals surface area contributed by atoms with E-state index >= 15 is 0 Å². The van der Waals surface area contributed by atoms with Crippen molar-refractivity contribution in [3.05, 3.63) is 60.0 Å². The van der Waals surface area contributed by atoms with Crippen LogP contribution >= 0.6 is 0 Å². The number of pyridine rings is 1. The van der Waals surface area contributed by atoms with E-state index < -0.39 is 0 Å². The Labute approximate surface area is 159 Å². The fourth-order valence-corrected chi connectivity index (χ4v) is 2.90. The Morgan fingerprint density at radius 2 is 1.82 bits per heavy atom. The minimum Gasteiger partial charge on any atom is -0.463 e. The number of nitrogens with one attached hydrogen (secondary N) is 2. The Kier molecular flexibility index (Phi) is 4.36. The lowest BCUT2D eigenvalue weighted by molar-refractivity contribution is -0.114. The summed E-state index contributed by atoms with van der Waals surface area (Å²) in [6, 6.07) is 12.0. The fraction of sp³-hybridized carbons (Fsp3) is 0.100. The lowest BCUT2D eigenvalue weighted by Gasteiger charge is -2.09. The number of carbonyl (C=O) groups is 2. The van der Waals surface area contributed by atoms with Gasteiger partial charge in [-0.2, -0.15) is 0 Å². The second-order valence-electron chi connectivity index (χ2n) is 6.20. The van der Waals surface area contributed by atoms with Gasteiger partial charge in [-0.25, -0.2) is 4.98 Å². The third kappa shape index (κ3) is 3.35. The molecule has 140 valence electrons. The predicted molar refractivity (Wildman–Crippen MR) is 103 cm³/mol. The van der Waals surface area contributed by atoms with E-state index in [9.17, 15) is 9.59 Å². The molecule has 4 rings (SSSR count). The minimum atomic E-state index is -0.355. The molecule has 0 aliphatic heterocycles. The van der Waals surface area contributed by atoms with Gasteiger partial charge in [0.15, 0.2) is 5.76 Å². The summed E-state index contributed by atoms with van der Waals surface area (Å²) in [5.74, 6) is -0.0355. The molecule has 0 aliphatic rings. The quantitative estimate of drug-likeness (QED) is 0.557. The van der Waals surface area contributed by atoms with Crippen LogP contribution in [0.25, 0.3) is 22.6 Å². The van der Waals surface area contributed by atoms with Crippen LogP contribution in [0.4, 0.5) is 11.4 Å². The smallest absolute Gasteiger partial charge is 0.259 e. The average molecular weight is 376 g/mol. The van der Waals surface area contributed by atoms with Crippen molar-refractivity contribution in [2.45, 2.75) is 13.8 Å². The molecule has 28 heavy (non-hydrogen) atoms. The number of rotatable bonds is 4. The summed E-state index contributed by atoms with van der Waals surface area (Å²) < 4.78 is 10.6. The van der Waals surface area contributed by atoms with E-state index in [-0.39, 0.29) is 17.5 Å². The topological polar surface area (TPSA) is 110 Å². The zero-order valence-corrected chi connectivity index (χ0v) is 15.1. The van der Waals surface area contributed by atoms with Crippen LogP contribution in [0.3, 0.4) is 0 Å². The first-order valence-corrected chi connectivity index (χ1v) is 8.51. The van der Waals surface area contributed by atoms with Crippen molar-refractivity contribution in [2.75, 3.05) is 10.6 Å². The van der Waals surface area contributed by atoms with Crippen LogP contribution in [0.1, 0.15) is 23.0 Å². The largest absolute Gasteiger partial charge is 0.463 e. The zero-order chi connectivity index (χ0) is 19.7. The molecule has 2 amide bonds. The van der Waals surface area contributed by atoms with Crippen molar-refractivity contribution in [1.82, 2.24) is 10.1 Å². The molecule has 8 heteroatoms. The van der Waals surface area contributed by atoms with Crippen LogP contribution in [0.15, 0.2) is 57.7 Å². The molecule has 0 spiro atoms. The summed E-state index contributed by atoms with van der Waals surface area (Å²) in [6.07, 6.45) is 1.53. The summed E-state index contributed by atoms with van der Waals surface area (Å²) in [5, 5.41) is 9.97. The van der Waals surface area contributed by atoms with E-state index in [1.807, 2.05) is 0 Å². The van der Waals surface area contributed by atoms with Gasteiger partial charge < -0.3 is 19.6 Å². The number of benzene rings is 1. The van der Waals surface area contributed by atoms with Crippen molar-refractivity contribution in [3.63, 3.8) is 0 Å². The summed E-state index contributed by atoms with van der Waals surface area (Å²) in [7, 11) is 0. The van der Waals surface area contributed by atoms with Gasteiger partial charge >= 0.3 is 0 Å². The third-order valence-electron chi connectivity index (χ3n) is 4.08. The molecule has 0 saturated heterocycles. The number of nitrogens with zero attached hydrogens (tertiary/aromatic N) is 2. The predicted octanol–water partition coefficient (Wildman–Crippen LogP) is 4.00. The molecule has 8 nitrogen and oxygen atoms in total. The summed E-state index contributed by atoms with van der Waals surface area (Å²) in [4.78, 5) is 28.6. The van der Waals surface area contributed by atoms with Crippen molar-refractivity contribution in [2.24, 2.45) is 0 Å². The highest BCUT2D eigenvalue weighted by molar-refractivity contribution is 6.13. The van der Waals surface area contributed by atoms with Crippen molar-refractivity contribution < 1.29 is 18.5 Å². The molecule has 0 unspecified atom stereocenters. The van der Waals surface area contributed by atoms with E-state index in [1.54, 1.807) is 49.4 Å². The molecule has 3 heterocycles. The first-order valence-electron chi connectivity index (χ1n) is 8.51. The van der Waals surface area contributed by atoms with Gasteiger partial charge in [-0.3, -0.25) is 9.59 Å². The van der Waals surface area contributed by atoms with Gasteiger partial charge in [-0.1, -0.05) is 11.2 Å². The number of hydrogen-bond acceptors (Lipinski definition) is 6. The Morgan fingerprint density at radius 1 is 1.04 bits per heavy atom. The molecule has 1 aromatic carbocycles. The average Bonchev–Trinajstić information content (AvgIpc) is 3.31. The molecule has 0 bridgehead atoms. The number of aryl methyl sites for hydroxylation is 1. The maximum atomic E-state index is 13.0. The number of furan rings is 1. The third-order valence-corrected chi connectivity index (χ3v) is 4.08. The number of carbonyl (C=O) groups excluding carboxylic acids is 2. The van der Waals surface area contributed by atoms with E-state index in [1.165, 1.54) is 13.2 Å². The molecule has 0 fully saturated rings. The highest BCUT2D eigenvalue weighted by Gasteiger charge is 2.20. The number of hydrogen-bond donors (Lipinski definition) is 2. The second kappa shape index (κ2) is 6.99. The highest BCUT2D eigenvalue weighted by Crippen LogP contribution is 2.28.